The Bertz CT molecular complexity index is 557. The second-order valence-corrected chi connectivity index (χ2v) is 6.99. The third-order valence-corrected chi connectivity index (χ3v) is 4.55. The summed E-state index contributed by atoms with van der Waals surface area (Å²) in [6, 6.07) is 4.98. The quantitative estimate of drug-likeness (QED) is 0.217. The monoisotopic (exact) mass is 543 g/mol. The SMILES string of the molecule is CN=C(NCCCOCC1CCOC1)NCCc1cc(Br)ccc1F.I. The Morgan fingerprint density at radius 2 is 2.19 bits per heavy atom. The van der Waals surface area contributed by atoms with Gasteiger partial charge in [0.15, 0.2) is 5.96 Å². The molecule has 0 saturated carbocycles. The predicted octanol–water partition coefficient (Wildman–Crippen LogP) is 3.36. The Kier molecular flexibility index (Phi) is 12.4. The second-order valence-electron chi connectivity index (χ2n) is 6.07. The van der Waals surface area contributed by atoms with Gasteiger partial charge in [0.05, 0.1) is 13.2 Å². The zero-order chi connectivity index (χ0) is 17.9. The maximum atomic E-state index is 13.7. The van der Waals surface area contributed by atoms with Crippen LogP contribution in [0.3, 0.4) is 0 Å². The first-order valence-electron chi connectivity index (χ1n) is 8.73. The van der Waals surface area contributed by atoms with Crippen molar-refractivity contribution in [3.05, 3.63) is 34.1 Å². The van der Waals surface area contributed by atoms with Crippen molar-refractivity contribution < 1.29 is 13.9 Å². The van der Waals surface area contributed by atoms with Gasteiger partial charge in [-0.1, -0.05) is 15.9 Å². The third kappa shape index (κ3) is 8.96. The second kappa shape index (κ2) is 13.7. The standard InChI is InChI=1S/C18H27BrFN3O2.HI/c1-21-18(22-7-2-9-24-12-14-6-10-25-13-14)23-8-5-15-11-16(19)3-4-17(15)20;/h3-4,11,14H,2,5-10,12-13H2,1H3,(H2,21,22,23);1H. The van der Waals surface area contributed by atoms with Crippen LogP contribution in [0.25, 0.3) is 0 Å². The summed E-state index contributed by atoms with van der Waals surface area (Å²) in [5.74, 6) is 1.10. The maximum absolute atomic E-state index is 13.7. The van der Waals surface area contributed by atoms with Gasteiger partial charge in [0.2, 0.25) is 0 Å². The van der Waals surface area contributed by atoms with Crippen LogP contribution in [0.4, 0.5) is 4.39 Å². The zero-order valence-electron chi connectivity index (χ0n) is 15.1. The van der Waals surface area contributed by atoms with Crippen molar-refractivity contribution in [3.63, 3.8) is 0 Å². The van der Waals surface area contributed by atoms with Crippen molar-refractivity contribution in [1.82, 2.24) is 10.6 Å². The molecule has 148 valence electrons. The molecule has 1 aromatic rings. The minimum atomic E-state index is -0.183. The smallest absolute Gasteiger partial charge is 0.190 e. The third-order valence-electron chi connectivity index (χ3n) is 4.05. The minimum Gasteiger partial charge on any atom is -0.381 e. The van der Waals surface area contributed by atoms with Crippen molar-refractivity contribution in [3.8, 4) is 0 Å². The molecule has 26 heavy (non-hydrogen) atoms. The molecule has 1 saturated heterocycles. The summed E-state index contributed by atoms with van der Waals surface area (Å²) < 4.78 is 25.6. The normalized spacial score (nSPS) is 17.0. The van der Waals surface area contributed by atoms with E-state index >= 15 is 0 Å². The first-order valence-corrected chi connectivity index (χ1v) is 9.52. The van der Waals surface area contributed by atoms with Crippen LogP contribution in [-0.2, 0) is 15.9 Å². The van der Waals surface area contributed by atoms with E-state index < -0.39 is 0 Å². The average molecular weight is 544 g/mol. The highest BCUT2D eigenvalue weighted by molar-refractivity contribution is 14.0. The lowest BCUT2D eigenvalue weighted by atomic mass is 10.1. The fourth-order valence-corrected chi connectivity index (χ4v) is 3.03. The molecular formula is C18H28BrFIN3O2. The van der Waals surface area contributed by atoms with Crippen LogP contribution in [-0.4, -0.2) is 52.5 Å². The van der Waals surface area contributed by atoms with Crippen LogP contribution < -0.4 is 10.6 Å². The van der Waals surface area contributed by atoms with Gasteiger partial charge in [-0.15, -0.1) is 24.0 Å². The molecular weight excluding hydrogens is 516 g/mol. The number of hydrogen-bond acceptors (Lipinski definition) is 3. The molecule has 1 unspecified atom stereocenters. The summed E-state index contributed by atoms with van der Waals surface area (Å²) in [5, 5.41) is 6.44. The van der Waals surface area contributed by atoms with Crippen LogP contribution in [0.5, 0.6) is 0 Å². The molecule has 1 atom stereocenters. The van der Waals surface area contributed by atoms with Gasteiger partial charge in [-0.2, -0.15) is 0 Å². The molecule has 8 heteroatoms. The number of rotatable bonds is 9. The van der Waals surface area contributed by atoms with E-state index in [1.807, 2.05) is 0 Å². The van der Waals surface area contributed by atoms with E-state index in [4.69, 9.17) is 9.47 Å². The number of nitrogens with one attached hydrogen (secondary N) is 2. The molecule has 0 amide bonds. The first kappa shape index (κ1) is 23.6. The van der Waals surface area contributed by atoms with E-state index in [0.717, 1.165) is 56.2 Å². The van der Waals surface area contributed by atoms with Gasteiger partial charge < -0.3 is 20.1 Å². The Labute approximate surface area is 180 Å². The molecule has 1 heterocycles. The molecule has 2 rings (SSSR count). The number of ether oxygens (including phenoxy) is 2. The summed E-state index contributed by atoms with van der Waals surface area (Å²) in [6.07, 6.45) is 2.61. The Morgan fingerprint density at radius 3 is 2.92 bits per heavy atom. The van der Waals surface area contributed by atoms with Crippen LogP contribution in [0.1, 0.15) is 18.4 Å². The summed E-state index contributed by atoms with van der Waals surface area (Å²) in [6.45, 7) is 4.60. The predicted molar refractivity (Wildman–Crippen MR) is 117 cm³/mol. The lowest BCUT2D eigenvalue weighted by Crippen LogP contribution is -2.39. The topological polar surface area (TPSA) is 54.9 Å². The molecule has 1 aromatic carbocycles. The lowest BCUT2D eigenvalue weighted by Gasteiger charge is -2.13. The summed E-state index contributed by atoms with van der Waals surface area (Å²) in [4.78, 5) is 4.17. The summed E-state index contributed by atoms with van der Waals surface area (Å²) in [5.41, 5.74) is 0.682. The van der Waals surface area contributed by atoms with Crippen molar-refractivity contribution in [2.45, 2.75) is 19.3 Å². The van der Waals surface area contributed by atoms with Crippen molar-refractivity contribution in [1.29, 1.82) is 0 Å². The molecule has 0 radical (unpaired) electrons. The van der Waals surface area contributed by atoms with Crippen LogP contribution in [0.15, 0.2) is 27.7 Å². The number of halogens is 3. The van der Waals surface area contributed by atoms with E-state index in [1.54, 1.807) is 19.2 Å². The summed E-state index contributed by atoms with van der Waals surface area (Å²) >= 11 is 3.37. The van der Waals surface area contributed by atoms with E-state index in [2.05, 4.69) is 31.6 Å². The number of guanidine groups is 1. The van der Waals surface area contributed by atoms with Crippen molar-refractivity contribution in [2.75, 3.05) is 46.6 Å². The van der Waals surface area contributed by atoms with Crippen LogP contribution in [0.2, 0.25) is 0 Å². The first-order chi connectivity index (χ1) is 12.2. The molecule has 1 aliphatic heterocycles. The van der Waals surface area contributed by atoms with E-state index in [-0.39, 0.29) is 29.8 Å². The molecule has 0 aromatic heterocycles. The molecule has 0 spiro atoms. The average Bonchev–Trinajstić information content (AvgIpc) is 3.12. The van der Waals surface area contributed by atoms with Gasteiger partial charge >= 0.3 is 0 Å². The zero-order valence-corrected chi connectivity index (χ0v) is 19.0. The number of benzene rings is 1. The Morgan fingerprint density at radius 1 is 1.38 bits per heavy atom. The van der Waals surface area contributed by atoms with E-state index in [9.17, 15) is 4.39 Å². The Hall–Kier alpha value is -0.450. The maximum Gasteiger partial charge on any atom is 0.190 e. The highest BCUT2D eigenvalue weighted by atomic mass is 127. The molecule has 5 nitrogen and oxygen atoms in total. The number of nitrogens with zero attached hydrogens (tertiary/aromatic N) is 1. The van der Waals surface area contributed by atoms with Crippen molar-refractivity contribution in [2.24, 2.45) is 10.9 Å². The van der Waals surface area contributed by atoms with Crippen molar-refractivity contribution >= 4 is 45.9 Å². The molecule has 2 N–H and O–H groups in total. The van der Waals surface area contributed by atoms with Crippen LogP contribution >= 0.6 is 39.9 Å². The number of aliphatic imine (C=N–C) groups is 1. The van der Waals surface area contributed by atoms with Gasteiger partial charge in [-0.3, -0.25) is 4.99 Å². The van der Waals surface area contributed by atoms with Gasteiger partial charge in [0.25, 0.3) is 0 Å². The van der Waals surface area contributed by atoms with Crippen LogP contribution in [0, 0.1) is 11.7 Å². The number of hydrogen-bond donors (Lipinski definition) is 2. The molecule has 0 aliphatic carbocycles. The van der Waals surface area contributed by atoms with E-state index in [1.165, 1.54) is 6.07 Å². The molecule has 1 fully saturated rings. The Balaban J connectivity index is 0.00000338. The van der Waals surface area contributed by atoms with Gasteiger partial charge in [-0.05, 0) is 43.0 Å². The highest BCUT2D eigenvalue weighted by Gasteiger charge is 2.15. The van der Waals surface area contributed by atoms with Gasteiger partial charge in [0.1, 0.15) is 5.82 Å². The largest absolute Gasteiger partial charge is 0.381 e. The van der Waals surface area contributed by atoms with E-state index in [0.29, 0.717) is 24.4 Å². The van der Waals surface area contributed by atoms with Gasteiger partial charge in [0, 0.05) is 43.7 Å². The highest BCUT2D eigenvalue weighted by Crippen LogP contribution is 2.15. The molecule has 1 aliphatic rings. The summed E-state index contributed by atoms with van der Waals surface area (Å²) in [7, 11) is 1.73. The fraction of sp³-hybridized carbons (Fsp3) is 0.611. The fourth-order valence-electron chi connectivity index (χ4n) is 2.62. The lowest BCUT2D eigenvalue weighted by molar-refractivity contribution is 0.0888. The van der Waals surface area contributed by atoms with Gasteiger partial charge in [-0.25, -0.2) is 4.39 Å². The molecule has 0 bridgehead atoms. The minimum absolute atomic E-state index is 0.